The minimum atomic E-state index is 0.142. The van der Waals surface area contributed by atoms with Gasteiger partial charge in [0.2, 0.25) is 0 Å². The number of aryl methyl sites for hydroxylation is 2. The molecular formula is C19H26N4O. The van der Waals surface area contributed by atoms with Crippen LogP contribution in [-0.2, 0) is 6.54 Å². The number of carbonyl (C=O) groups excluding carboxylic acids is 1. The molecule has 1 amide bonds. The molecule has 5 nitrogen and oxygen atoms in total. The summed E-state index contributed by atoms with van der Waals surface area (Å²) in [5.41, 5.74) is 4.04. The molecular weight excluding hydrogens is 300 g/mol. The Morgan fingerprint density at radius 2 is 2.17 bits per heavy atom. The van der Waals surface area contributed by atoms with E-state index in [1.165, 1.54) is 0 Å². The van der Waals surface area contributed by atoms with Crippen LogP contribution in [0.5, 0.6) is 0 Å². The smallest absolute Gasteiger partial charge is 0.253 e. The van der Waals surface area contributed by atoms with Crippen LogP contribution in [0.2, 0.25) is 0 Å². The van der Waals surface area contributed by atoms with Gasteiger partial charge in [-0.3, -0.25) is 9.48 Å². The average molecular weight is 326 g/mol. The largest absolute Gasteiger partial charge is 0.338 e. The van der Waals surface area contributed by atoms with Crippen LogP contribution in [-0.4, -0.2) is 47.3 Å². The Bertz CT molecular complexity index is 722. The molecule has 0 spiro atoms. The molecule has 1 N–H and O–H groups in total. The van der Waals surface area contributed by atoms with E-state index in [1.807, 2.05) is 41.8 Å². The van der Waals surface area contributed by atoms with E-state index in [0.29, 0.717) is 12.5 Å². The number of benzene rings is 1. The van der Waals surface area contributed by atoms with Crippen molar-refractivity contribution in [1.82, 2.24) is 20.0 Å². The van der Waals surface area contributed by atoms with Crippen molar-refractivity contribution >= 4 is 5.91 Å². The van der Waals surface area contributed by atoms with Gasteiger partial charge in [0.25, 0.3) is 5.91 Å². The molecule has 5 heteroatoms. The van der Waals surface area contributed by atoms with E-state index in [9.17, 15) is 4.79 Å². The molecule has 2 aromatic rings. The normalized spacial score (nSPS) is 17.5. The minimum Gasteiger partial charge on any atom is -0.338 e. The molecule has 1 atom stereocenters. The summed E-state index contributed by atoms with van der Waals surface area (Å²) in [5, 5.41) is 7.71. The van der Waals surface area contributed by atoms with Crippen molar-refractivity contribution in [2.24, 2.45) is 5.92 Å². The summed E-state index contributed by atoms with van der Waals surface area (Å²) in [6, 6.07) is 10.0. The average Bonchev–Trinajstić information content (AvgIpc) is 3.14. The fourth-order valence-corrected chi connectivity index (χ4v) is 3.47. The highest BCUT2D eigenvalue weighted by Crippen LogP contribution is 2.19. The first-order valence-electron chi connectivity index (χ1n) is 8.60. The Morgan fingerprint density at radius 3 is 2.88 bits per heavy atom. The Hall–Kier alpha value is -2.14. The van der Waals surface area contributed by atoms with E-state index in [2.05, 4.69) is 29.5 Å². The van der Waals surface area contributed by atoms with Gasteiger partial charge >= 0.3 is 0 Å². The van der Waals surface area contributed by atoms with Gasteiger partial charge in [0.05, 0.1) is 12.2 Å². The monoisotopic (exact) mass is 326 g/mol. The Labute approximate surface area is 143 Å². The lowest BCUT2D eigenvalue weighted by Crippen LogP contribution is -2.30. The van der Waals surface area contributed by atoms with Gasteiger partial charge < -0.3 is 10.2 Å². The number of likely N-dealkylation sites (tertiary alicyclic amines) is 1. The number of hydrogen-bond donors (Lipinski definition) is 1. The topological polar surface area (TPSA) is 50.2 Å². The summed E-state index contributed by atoms with van der Waals surface area (Å²) >= 11 is 0. The van der Waals surface area contributed by atoms with Gasteiger partial charge in [-0.05, 0) is 63.5 Å². The van der Waals surface area contributed by atoms with Gasteiger partial charge in [0.15, 0.2) is 0 Å². The zero-order chi connectivity index (χ0) is 17.1. The van der Waals surface area contributed by atoms with Crippen LogP contribution < -0.4 is 5.32 Å². The van der Waals surface area contributed by atoms with E-state index in [1.54, 1.807) is 0 Å². The molecule has 128 valence electrons. The summed E-state index contributed by atoms with van der Waals surface area (Å²) < 4.78 is 1.98. The van der Waals surface area contributed by atoms with Crippen molar-refractivity contribution in [2.45, 2.75) is 26.8 Å². The fourth-order valence-electron chi connectivity index (χ4n) is 3.47. The summed E-state index contributed by atoms with van der Waals surface area (Å²) in [7, 11) is 1.97. The highest BCUT2D eigenvalue weighted by atomic mass is 16.2. The number of nitrogens with zero attached hydrogens (tertiary/aromatic N) is 3. The third-order valence-electron chi connectivity index (χ3n) is 4.68. The number of amides is 1. The van der Waals surface area contributed by atoms with Crippen molar-refractivity contribution in [3.8, 4) is 0 Å². The third-order valence-corrected chi connectivity index (χ3v) is 4.68. The van der Waals surface area contributed by atoms with Gasteiger partial charge in [-0.15, -0.1) is 0 Å². The predicted octanol–water partition coefficient (Wildman–Crippen LogP) is 2.23. The predicted molar refractivity (Wildman–Crippen MR) is 95.2 cm³/mol. The van der Waals surface area contributed by atoms with Crippen molar-refractivity contribution < 1.29 is 4.79 Å². The van der Waals surface area contributed by atoms with Crippen LogP contribution in [0.3, 0.4) is 0 Å². The van der Waals surface area contributed by atoms with E-state index in [-0.39, 0.29) is 5.91 Å². The van der Waals surface area contributed by atoms with Crippen molar-refractivity contribution in [3.05, 3.63) is 52.8 Å². The van der Waals surface area contributed by atoms with Crippen LogP contribution in [0.1, 0.15) is 33.7 Å². The van der Waals surface area contributed by atoms with Crippen LogP contribution in [0.25, 0.3) is 0 Å². The molecule has 1 fully saturated rings. The number of carbonyl (C=O) groups is 1. The molecule has 1 unspecified atom stereocenters. The number of rotatable bonds is 5. The molecule has 1 aromatic carbocycles. The van der Waals surface area contributed by atoms with E-state index >= 15 is 0 Å². The molecule has 1 aliphatic rings. The lowest BCUT2D eigenvalue weighted by molar-refractivity contribution is 0.0787. The highest BCUT2D eigenvalue weighted by Gasteiger charge is 2.26. The maximum absolute atomic E-state index is 12.8. The Kier molecular flexibility index (Phi) is 5.00. The molecule has 0 bridgehead atoms. The van der Waals surface area contributed by atoms with E-state index in [4.69, 9.17) is 0 Å². The third kappa shape index (κ3) is 3.67. The summed E-state index contributed by atoms with van der Waals surface area (Å²) in [5.74, 6) is 0.709. The number of aromatic nitrogens is 2. The summed E-state index contributed by atoms with van der Waals surface area (Å²) in [6.45, 7) is 7.43. The van der Waals surface area contributed by atoms with E-state index < -0.39 is 0 Å². The molecule has 0 saturated carbocycles. The van der Waals surface area contributed by atoms with Crippen LogP contribution in [0.4, 0.5) is 0 Å². The van der Waals surface area contributed by atoms with Crippen LogP contribution in [0, 0.1) is 19.8 Å². The van der Waals surface area contributed by atoms with Gasteiger partial charge in [0, 0.05) is 24.3 Å². The lowest BCUT2D eigenvalue weighted by Gasteiger charge is -2.17. The SMILES string of the molecule is CNCC1CCN(C(=O)c2cccc(Cn3nc(C)cc3C)c2)C1. The van der Waals surface area contributed by atoms with Gasteiger partial charge in [-0.2, -0.15) is 5.10 Å². The second-order valence-electron chi connectivity index (χ2n) is 6.75. The number of nitrogens with one attached hydrogen (secondary N) is 1. The first-order valence-corrected chi connectivity index (χ1v) is 8.60. The zero-order valence-corrected chi connectivity index (χ0v) is 14.7. The molecule has 1 aliphatic heterocycles. The van der Waals surface area contributed by atoms with Gasteiger partial charge in [-0.1, -0.05) is 12.1 Å². The number of hydrogen-bond acceptors (Lipinski definition) is 3. The van der Waals surface area contributed by atoms with Crippen molar-refractivity contribution in [3.63, 3.8) is 0 Å². The lowest BCUT2D eigenvalue weighted by atomic mass is 10.1. The highest BCUT2D eigenvalue weighted by molar-refractivity contribution is 5.94. The summed E-state index contributed by atoms with van der Waals surface area (Å²) in [6.07, 6.45) is 1.08. The fraction of sp³-hybridized carbons (Fsp3) is 0.474. The van der Waals surface area contributed by atoms with Gasteiger partial charge in [-0.25, -0.2) is 0 Å². The summed E-state index contributed by atoms with van der Waals surface area (Å²) in [4.78, 5) is 14.7. The zero-order valence-electron chi connectivity index (χ0n) is 14.7. The molecule has 0 radical (unpaired) electrons. The van der Waals surface area contributed by atoms with E-state index in [0.717, 1.165) is 48.6 Å². The Balaban J connectivity index is 1.71. The molecule has 1 aromatic heterocycles. The molecule has 1 saturated heterocycles. The van der Waals surface area contributed by atoms with Gasteiger partial charge in [0.1, 0.15) is 0 Å². The van der Waals surface area contributed by atoms with Crippen LogP contribution in [0.15, 0.2) is 30.3 Å². The van der Waals surface area contributed by atoms with Crippen molar-refractivity contribution in [2.75, 3.05) is 26.7 Å². The second-order valence-corrected chi connectivity index (χ2v) is 6.75. The Morgan fingerprint density at radius 1 is 1.33 bits per heavy atom. The molecule has 0 aliphatic carbocycles. The maximum Gasteiger partial charge on any atom is 0.253 e. The van der Waals surface area contributed by atoms with Crippen molar-refractivity contribution in [1.29, 1.82) is 0 Å². The van der Waals surface area contributed by atoms with Crippen LogP contribution >= 0.6 is 0 Å². The molecule has 3 rings (SSSR count). The maximum atomic E-state index is 12.8. The standard InChI is InChI=1S/C19H26N4O/c1-14-9-15(2)23(21-14)13-16-5-4-6-18(10-16)19(24)22-8-7-17(12-22)11-20-3/h4-6,9-10,17,20H,7-8,11-13H2,1-3H3. The molecule has 24 heavy (non-hydrogen) atoms. The molecule has 2 heterocycles. The first kappa shape index (κ1) is 16.7. The second kappa shape index (κ2) is 7.18. The quantitative estimate of drug-likeness (QED) is 0.917. The minimum absolute atomic E-state index is 0.142. The first-order chi connectivity index (χ1) is 11.6.